The number of benzene rings is 3. The van der Waals surface area contributed by atoms with E-state index in [1.54, 1.807) is 11.8 Å². The number of cyclic esters (lactones) is 1. The Labute approximate surface area is 145 Å². The zero-order chi connectivity index (χ0) is 16.6. The molecule has 4 rings (SSSR count). The summed E-state index contributed by atoms with van der Waals surface area (Å²) in [5, 5.41) is 0. The lowest BCUT2D eigenvalue weighted by Gasteiger charge is -2.29. The van der Waals surface area contributed by atoms with Crippen LogP contribution in [0.3, 0.4) is 0 Å². The lowest BCUT2D eigenvalue weighted by molar-refractivity contribution is 0.0384. The van der Waals surface area contributed by atoms with Crippen LogP contribution < -0.4 is 0 Å². The molecule has 0 fully saturated rings. The SMILES string of the molecule is Cc1cccc(SC2(c3ccccc3)OC(=O)c3ccccc32)c1. The maximum absolute atomic E-state index is 12.5. The third-order valence-corrected chi connectivity index (χ3v) is 5.46. The zero-order valence-electron chi connectivity index (χ0n) is 13.2. The monoisotopic (exact) mass is 332 g/mol. The third kappa shape index (κ3) is 2.42. The first-order valence-electron chi connectivity index (χ1n) is 7.83. The molecule has 24 heavy (non-hydrogen) atoms. The number of ether oxygens (including phenoxy) is 1. The molecule has 3 aromatic rings. The van der Waals surface area contributed by atoms with Gasteiger partial charge in [-0.25, -0.2) is 4.79 Å². The lowest BCUT2D eigenvalue weighted by Crippen LogP contribution is -2.23. The Morgan fingerprint density at radius 2 is 1.62 bits per heavy atom. The number of hydrogen-bond donors (Lipinski definition) is 0. The fraction of sp³-hybridized carbons (Fsp3) is 0.0952. The summed E-state index contributed by atoms with van der Waals surface area (Å²) in [6.07, 6.45) is 0. The van der Waals surface area contributed by atoms with Gasteiger partial charge < -0.3 is 4.74 Å². The lowest BCUT2D eigenvalue weighted by atomic mass is 9.99. The number of carbonyl (C=O) groups is 1. The van der Waals surface area contributed by atoms with Gasteiger partial charge in [-0.15, -0.1) is 0 Å². The van der Waals surface area contributed by atoms with Gasteiger partial charge in [0.1, 0.15) is 0 Å². The van der Waals surface area contributed by atoms with Crippen molar-refractivity contribution in [2.24, 2.45) is 0 Å². The fourth-order valence-electron chi connectivity index (χ4n) is 3.04. The Morgan fingerprint density at radius 1 is 0.875 bits per heavy atom. The Balaban J connectivity index is 1.91. The van der Waals surface area contributed by atoms with Crippen molar-refractivity contribution in [1.82, 2.24) is 0 Å². The van der Waals surface area contributed by atoms with Gasteiger partial charge in [0.2, 0.25) is 4.93 Å². The summed E-state index contributed by atoms with van der Waals surface area (Å²) in [6.45, 7) is 2.06. The molecule has 0 spiro atoms. The van der Waals surface area contributed by atoms with Crippen molar-refractivity contribution in [1.29, 1.82) is 0 Å². The van der Waals surface area contributed by atoms with E-state index in [2.05, 4.69) is 25.1 Å². The summed E-state index contributed by atoms with van der Waals surface area (Å²) in [5.74, 6) is -0.269. The van der Waals surface area contributed by atoms with Gasteiger partial charge in [-0.3, -0.25) is 0 Å². The zero-order valence-corrected chi connectivity index (χ0v) is 14.0. The summed E-state index contributed by atoms with van der Waals surface area (Å²) < 4.78 is 5.97. The molecular formula is C21H16O2S. The van der Waals surface area contributed by atoms with Crippen molar-refractivity contribution in [3.8, 4) is 0 Å². The molecule has 0 bridgehead atoms. The molecule has 0 radical (unpaired) electrons. The average Bonchev–Trinajstić information content (AvgIpc) is 2.89. The molecule has 1 heterocycles. The number of fused-ring (bicyclic) bond motifs is 1. The van der Waals surface area contributed by atoms with Crippen LogP contribution in [0.5, 0.6) is 0 Å². The Morgan fingerprint density at radius 3 is 2.42 bits per heavy atom. The van der Waals surface area contributed by atoms with Crippen LogP contribution in [0.4, 0.5) is 0 Å². The van der Waals surface area contributed by atoms with Crippen molar-refractivity contribution < 1.29 is 9.53 Å². The van der Waals surface area contributed by atoms with Gasteiger partial charge in [0, 0.05) is 16.0 Å². The van der Waals surface area contributed by atoms with Gasteiger partial charge in [0.25, 0.3) is 0 Å². The third-order valence-electron chi connectivity index (χ3n) is 4.14. The Kier molecular flexibility index (Phi) is 3.66. The number of hydrogen-bond acceptors (Lipinski definition) is 3. The van der Waals surface area contributed by atoms with E-state index in [4.69, 9.17) is 4.74 Å². The first kappa shape index (κ1) is 15.0. The minimum atomic E-state index is -0.845. The molecule has 1 atom stereocenters. The molecular weight excluding hydrogens is 316 g/mol. The molecule has 118 valence electrons. The van der Waals surface area contributed by atoms with Crippen molar-refractivity contribution in [3.63, 3.8) is 0 Å². The maximum atomic E-state index is 12.5. The molecule has 0 aromatic heterocycles. The highest BCUT2D eigenvalue weighted by Crippen LogP contribution is 2.52. The van der Waals surface area contributed by atoms with E-state index < -0.39 is 4.93 Å². The second-order valence-electron chi connectivity index (χ2n) is 5.84. The molecule has 0 aliphatic carbocycles. The molecule has 0 saturated carbocycles. The molecule has 0 amide bonds. The van der Waals surface area contributed by atoms with E-state index in [0.717, 1.165) is 16.0 Å². The minimum absolute atomic E-state index is 0.269. The van der Waals surface area contributed by atoms with Crippen molar-refractivity contribution in [3.05, 3.63) is 101 Å². The molecule has 1 aliphatic heterocycles. The fourth-order valence-corrected chi connectivity index (χ4v) is 4.42. The van der Waals surface area contributed by atoms with E-state index in [9.17, 15) is 4.79 Å². The maximum Gasteiger partial charge on any atom is 0.340 e. The van der Waals surface area contributed by atoms with E-state index in [1.807, 2.05) is 60.7 Å². The Bertz CT molecular complexity index is 904. The second-order valence-corrected chi connectivity index (χ2v) is 7.09. The highest BCUT2D eigenvalue weighted by atomic mass is 32.2. The smallest absolute Gasteiger partial charge is 0.340 e. The number of thioether (sulfide) groups is 1. The largest absolute Gasteiger partial charge is 0.435 e. The van der Waals surface area contributed by atoms with Crippen LogP contribution in [-0.4, -0.2) is 5.97 Å². The van der Waals surface area contributed by atoms with Crippen LogP contribution in [0.15, 0.2) is 83.8 Å². The predicted molar refractivity (Wildman–Crippen MR) is 96.1 cm³/mol. The average molecular weight is 332 g/mol. The summed E-state index contributed by atoms with van der Waals surface area (Å²) >= 11 is 1.57. The van der Waals surface area contributed by atoms with Gasteiger partial charge >= 0.3 is 5.97 Å². The summed E-state index contributed by atoms with van der Waals surface area (Å²) in [7, 11) is 0. The summed E-state index contributed by atoms with van der Waals surface area (Å²) in [5.41, 5.74) is 3.70. The summed E-state index contributed by atoms with van der Waals surface area (Å²) in [6, 6.07) is 25.8. The number of rotatable bonds is 3. The van der Waals surface area contributed by atoms with Gasteiger partial charge in [0.05, 0.1) is 5.56 Å². The van der Waals surface area contributed by atoms with Crippen molar-refractivity contribution in [2.45, 2.75) is 16.8 Å². The molecule has 3 aromatic carbocycles. The minimum Gasteiger partial charge on any atom is -0.435 e. The van der Waals surface area contributed by atoms with E-state index in [-0.39, 0.29) is 5.97 Å². The van der Waals surface area contributed by atoms with E-state index >= 15 is 0 Å². The molecule has 2 nitrogen and oxygen atoms in total. The van der Waals surface area contributed by atoms with Crippen LogP contribution in [0.2, 0.25) is 0 Å². The van der Waals surface area contributed by atoms with Crippen LogP contribution >= 0.6 is 11.8 Å². The quantitative estimate of drug-likeness (QED) is 0.620. The van der Waals surface area contributed by atoms with E-state index in [1.165, 1.54) is 5.56 Å². The van der Waals surface area contributed by atoms with Crippen molar-refractivity contribution in [2.75, 3.05) is 0 Å². The molecule has 1 unspecified atom stereocenters. The van der Waals surface area contributed by atoms with E-state index in [0.29, 0.717) is 5.56 Å². The van der Waals surface area contributed by atoms with Gasteiger partial charge in [-0.2, -0.15) is 0 Å². The number of esters is 1. The second kappa shape index (κ2) is 5.84. The number of carbonyl (C=O) groups excluding carboxylic acids is 1. The first-order valence-corrected chi connectivity index (χ1v) is 8.65. The van der Waals surface area contributed by atoms with Crippen molar-refractivity contribution >= 4 is 17.7 Å². The Hall–Kier alpha value is -2.52. The van der Waals surface area contributed by atoms with Gasteiger partial charge in [0.15, 0.2) is 0 Å². The van der Waals surface area contributed by atoms with Crippen LogP contribution in [0.1, 0.15) is 27.0 Å². The van der Waals surface area contributed by atoms with Crippen LogP contribution in [0.25, 0.3) is 0 Å². The first-order chi connectivity index (χ1) is 11.7. The topological polar surface area (TPSA) is 26.3 Å². The standard InChI is InChI=1S/C21H16O2S/c1-15-8-7-11-17(14-15)24-21(16-9-3-2-4-10-16)19-13-6-5-12-18(19)20(22)23-21/h2-14H,1H3. The highest BCUT2D eigenvalue weighted by molar-refractivity contribution is 8.00. The predicted octanol–water partition coefficient (Wildman–Crippen LogP) is 5.16. The van der Waals surface area contributed by atoms with Crippen LogP contribution in [0, 0.1) is 6.92 Å². The summed E-state index contributed by atoms with van der Waals surface area (Å²) in [4.78, 5) is 12.7. The van der Waals surface area contributed by atoms with Gasteiger partial charge in [-0.1, -0.05) is 78.0 Å². The normalized spacial score (nSPS) is 19.0. The molecule has 0 N–H and O–H groups in total. The number of aryl methyl sites for hydroxylation is 1. The molecule has 0 saturated heterocycles. The van der Waals surface area contributed by atoms with Gasteiger partial charge in [-0.05, 0) is 25.1 Å². The highest BCUT2D eigenvalue weighted by Gasteiger charge is 2.47. The van der Waals surface area contributed by atoms with Crippen LogP contribution in [-0.2, 0) is 9.67 Å². The molecule has 3 heteroatoms. The molecule has 1 aliphatic rings.